The van der Waals surface area contributed by atoms with Crippen LogP contribution in [-0.4, -0.2) is 45.8 Å². The molecular formula is C17H17BrN4O2. The third-order valence-electron chi connectivity index (χ3n) is 4.01. The SMILES string of the molecule is O=C(NC1CCN(C(=O)c2cnccn2)CC1)c1ccc(Br)cc1. The lowest BCUT2D eigenvalue weighted by Crippen LogP contribution is -2.46. The monoisotopic (exact) mass is 388 g/mol. The second kappa shape index (κ2) is 7.53. The number of amides is 2. The highest BCUT2D eigenvalue weighted by Crippen LogP contribution is 2.15. The van der Waals surface area contributed by atoms with Crippen molar-refractivity contribution in [1.82, 2.24) is 20.2 Å². The first-order valence-electron chi connectivity index (χ1n) is 7.75. The Balaban J connectivity index is 1.53. The first-order chi connectivity index (χ1) is 11.6. The van der Waals surface area contributed by atoms with Crippen LogP contribution in [0.3, 0.4) is 0 Å². The van der Waals surface area contributed by atoms with Crippen LogP contribution in [0.4, 0.5) is 0 Å². The van der Waals surface area contributed by atoms with E-state index in [2.05, 4.69) is 31.2 Å². The Hall–Kier alpha value is -2.28. The fourth-order valence-electron chi connectivity index (χ4n) is 2.67. The maximum atomic E-state index is 12.3. The number of carbonyl (C=O) groups is 2. The van der Waals surface area contributed by atoms with Gasteiger partial charge in [0.15, 0.2) is 0 Å². The number of benzene rings is 1. The van der Waals surface area contributed by atoms with Crippen molar-refractivity contribution >= 4 is 27.7 Å². The molecule has 1 fully saturated rings. The molecule has 124 valence electrons. The number of likely N-dealkylation sites (tertiary alicyclic amines) is 1. The van der Waals surface area contributed by atoms with Gasteiger partial charge in [0, 0.05) is 41.6 Å². The van der Waals surface area contributed by atoms with E-state index in [1.807, 2.05) is 12.1 Å². The van der Waals surface area contributed by atoms with Crippen LogP contribution in [0, 0.1) is 0 Å². The number of piperidine rings is 1. The first kappa shape index (κ1) is 16.6. The molecule has 0 bridgehead atoms. The molecule has 6 nitrogen and oxygen atoms in total. The Morgan fingerprint density at radius 3 is 2.46 bits per heavy atom. The van der Waals surface area contributed by atoms with E-state index in [-0.39, 0.29) is 17.9 Å². The summed E-state index contributed by atoms with van der Waals surface area (Å²) in [5.41, 5.74) is 0.992. The van der Waals surface area contributed by atoms with Gasteiger partial charge >= 0.3 is 0 Å². The second-order valence-electron chi connectivity index (χ2n) is 5.64. The minimum Gasteiger partial charge on any atom is -0.349 e. The molecular weight excluding hydrogens is 372 g/mol. The lowest BCUT2D eigenvalue weighted by Gasteiger charge is -2.32. The van der Waals surface area contributed by atoms with E-state index in [1.54, 1.807) is 23.2 Å². The van der Waals surface area contributed by atoms with E-state index in [4.69, 9.17) is 0 Å². The predicted molar refractivity (Wildman–Crippen MR) is 92.6 cm³/mol. The van der Waals surface area contributed by atoms with Crippen molar-refractivity contribution in [1.29, 1.82) is 0 Å². The van der Waals surface area contributed by atoms with Crippen molar-refractivity contribution in [3.63, 3.8) is 0 Å². The standard InChI is InChI=1S/C17H17BrN4O2/c18-13-3-1-12(2-4-13)16(23)21-14-5-9-22(10-6-14)17(24)15-11-19-7-8-20-15/h1-4,7-8,11,14H,5-6,9-10H2,(H,21,23). The molecule has 3 rings (SSSR count). The number of carbonyl (C=O) groups excluding carboxylic acids is 2. The Bertz CT molecular complexity index is 713. The molecule has 2 aromatic rings. The number of halogens is 1. The van der Waals surface area contributed by atoms with Gasteiger partial charge in [-0.1, -0.05) is 15.9 Å². The summed E-state index contributed by atoms with van der Waals surface area (Å²) in [5.74, 6) is -0.193. The quantitative estimate of drug-likeness (QED) is 0.874. The second-order valence-corrected chi connectivity index (χ2v) is 6.55. The lowest BCUT2D eigenvalue weighted by molar-refractivity contribution is 0.0692. The minimum atomic E-state index is -0.110. The summed E-state index contributed by atoms with van der Waals surface area (Å²) in [6.07, 6.45) is 5.99. The number of aromatic nitrogens is 2. The summed E-state index contributed by atoms with van der Waals surface area (Å²) in [6.45, 7) is 1.20. The third kappa shape index (κ3) is 3.97. The zero-order valence-electron chi connectivity index (χ0n) is 13.0. The molecule has 1 saturated heterocycles. The number of rotatable bonds is 3. The molecule has 2 amide bonds. The normalized spacial score (nSPS) is 15.1. The smallest absolute Gasteiger partial charge is 0.274 e. The van der Waals surface area contributed by atoms with Crippen LogP contribution in [0.25, 0.3) is 0 Å². The van der Waals surface area contributed by atoms with Crippen LogP contribution in [0.1, 0.15) is 33.7 Å². The van der Waals surface area contributed by atoms with E-state index >= 15 is 0 Å². The van der Waals surface area contributed by atoms with Gasteiger partial charge in [0.05, 0.1) is 6.20 Å². The van der Waals surface area contributed by atoms with Gasteiger partial charge in [-0.15, -0.1) is 0 Å². The van der Waals surface area contributed by atoms with Crippen molar-refractivity contribution in [2.24, 2.45) is 0 Å². The molecule has 1 aromatic carbocycles. The Morgan fingerprint density at radius 2 is 1.83 bits per heavy atom. The zero-order chi connectivity index (χ0) is 16.9. The Kier molecular flexibility index (Phi) is 5.20. The third-order valence-corrected chi connectivity index (χ3v) is 4.53. The molecule has 0 saturated carbocycles. The van der Waals surface area contributed by atoms with Gasteiger partial charge in [-0.2, -0.15) is 0 Å². The topological polar surface area (TPSA) is 75.2 Å². The van der Waals surface area contributed by atoms with Gasteiger partial charge in [-0.25, -0.2) is 4.98 Å². The van der Waals surface area contributed by atoms with E-state index in [0.29, 0.717) is 24.3 Å². The van der Waals surface area contributed by atoms with Crippen molar-refractivity contribution in [2.45, 2.75) is 18.9 Å². The molecule has 0 aliphatic carbocycles. The van der Waals surface area contributed by atoms with Gasteiger partial charge in [-0.3, -0.25) is 14.6 Å². The van der Waals surface area contributed by atoms with Crippen molar-refractivity contribution in [3.05, 3.63) is 58.6 Å². The summed E-state index contributed by atoms with van der Waals surface area (Å²) in [6, 6.07) is 7.33. The summed E-state index contributed by atoms with van der Waals surface area (Å²) in [4.78, 5) is 34.3. The molecule has 1 aliphatic heterocycles. The summed E-state index contributed by atoms with van der Waals surface area (Å²) >= 11 is 3.35. The zero-order valence-corrected chi connectivity index (χ0v) is 14.6. The van der Waals surface area contributed by atoms with Crippen LogP contribution in [0.5, 0.6) is 0 Å². The molecule has 0 unspecified atom stereocenters. The summed E-state index contributed by atoms with van der Waals surface area (Å²) in [7, 11) is 0. The van der Waals surface area contributed by atoms with Crippen LogP contribution in [0.15, 0.2) is 47.3 Å². The van der Waals surface area contributed by atoms with Crippen LogP contribution in [0.2, 0.25) is 0 Å². The van der Waals surface area contributed by atoms with Crippen LogP contribution in [-0.2, 0) is 0 Å². The molecule has 2 heterocycles. The molecule has 7 heteroatoms. The Labute approximate surface area is 148 Å². The average Bonchev–Trinajstić information content (AvgIpc) is 2.63. The number of hydrogen-bond acceptors (Lipinski definition) is 4. The van der Waals surface area contributed by atoms with Gasteiger partial charge in [-0.05, 0) is 37.1 Å². The van der Waals surface area contributed by atoms with Gasteiger partial charge in [0.25, 0.3) is 11.8 Å². The van der Waals surface area contributed by atoms with E-state index in [1.165, 1.54) is 12.4 Å². The summed E-state index contributed by atoms with van der Waals surface area (Å²) < 4.78 is 0.940. The highest BCUT2D eigenvalue weighted by molar-refractivity contribution is 9.10. The van der Waals surface area contributed by atoms with E-state index < -0.39 is 0 Å². The van der Waals surface area contributed by atoms with Gasteiger partial charge in [0.1, 0.15) is 5.69 Å². The maximum Gasteiger partial charge on any atom is 0.274 e. The minimum absolute atomic E-state index is 0.0760. The summed E-state index contributed by atoms with van der Waals surface area (Å²) in [5, 5.41) is 3.03. The van der Waals surface area contributed by atoms with Crippen molar-refractivity contribution < 1.29 is 9.59 Å². The molecule has 0 spiro atoms. The van der Waals surface area contributed by atoms with E-state index in [0.717, 1.165) is 17.3 Å². The number of hydrogen-bond donors (Lipinski definition) is 1. The van der Waals surface area contributed by atoms with Crippen LogP contribution < -0.4 is 5.32 Å². The number of nitrogens with one attached hydrogen (secondary N) is 1. The predicted octanol–water partition coefficient (Wildman–Crippen LogP) is 2.27. The largest absolute Gasteiger partial charge is 0.349 e. The molecule has 1 aromatic heterocycles. The molecule has 1 aliphatic rings. The van der Waals surface area contributed by atoms with Crippen molar-refractivity contribution in [3.8, 4) is 0 Å². The fraction of sp³-hybridized carbons (Fsp3) is 0.294. The van der Waals surface area contributed by atoms with E-state index in [9.17, 15) is 9.59 Å². The molecule has 0 radical (unpaired) electrons. The van der Waals surface area contributed by atoms with Crippen molar-refractivity contribution in [2.75, 3.05) is 13.1 Å². The molecule has 24 heavy (non-hydrogen) atoms. The lowest BCUT2D eigenvalue weighted by atomic mass is 10.0. The first-order valence-corrected chi connectivity index (χ1v) is 8.54. The molecule has 1 N–H and O–H groups in total. The highest BCUT2D eigenvalue weighted by Gasteiger charge is 2.25. The molecule has 0 atom stereocenters. The Morgan fingerprint density at radius 1 is 1.12 bits per heavy atom. The highest BCUT2D eigenvalue weighted by atomic mass is 79.9. The number of nitrogens with zero attached hydrogens (tertiary/aromatic N) is 3. The fourth-order valence-corrected chi connectivity index (χ4v) is 2.93. The van der Waals surface area contributed by atoms with Gasteiger partial charge in [0.2, 0.25) is 0 Å². The average molecular weight is 389 g/mol. The van der Waals surface area contributed by atoms with Crippen LogP contribution >= 0.6 is 15.9 Å². The van der Waals surface area contributed by atoms with Gasteiger partial charge < -0.3 is 10.2 Å². The maximum absolute atomic E-state index is 12.3.